The zero-order valence-corrected chi connectivity index (χ0v) is 11.6. The maximum absolute atomic E-state index is 13.1. The second-order valence-corrected chi connectivity index (χ2v) is 4.58. The van der Waals surface area contributed by atoms with Crippen molar-refractivity contribution in [2.45, 2.75) is 18.1 Å². The molecule has 0 saturated carbocycles. The first kappa shape index (κ1) is 18.6. The van der Waals surface area contributed by atoms with Gasteiger partial charge in [0.2, 0.25) is 0 Å². The van der Waals surface area contributed by atoms with Crippen LogP contribution in [0.3, 0.4) is 0 Å². The predicted octanol–water partition coefficient (Wildman–Crippen LogP) is 3.52. The zero-order valence-electron chi connectivity index (χ0n) is 9.22. The normalized spacial score (nSPS) is 13.9. The third kappa shape index (κ3) is 4.55. The maximum Gasteiger partial charge on any atom is 0.416 e. The molecule has 0 aromatic heterocycles. The molecule has 0 saturated heterocycles. The van der Waals surface area contributed by atoms with E-state index in [-0.39, 0.29) is 16.9 Å². The lowest BCUT2D eigenvalue weighted by Crippen LogP contribution is -2.36. The number of hydrogen-bond donors (Lipinski definition) is 2. The SMILES string of the molecule is Cl.N[C@H](c1cc(Br)cc(C(F)(F)F)c1)C(F)(F)CO. The summed E-state index contributed by atoms with van der Waals surface area (Å²) in [4.78, 5) is 0. The average Bonchev–Trinajstić information content (AvgIpc) is 2.26. The number of benzene rings is 1. The van der Waals surface area contributed by atoms with E-state index in [1.165, 1.54) is 0 Å². The van der Waals surface area contributed by atoms with Gasteiger partial charge in [0.05, 0.1) is 11.6 Å². The van der Waals surface area contributed by atoms with Gasteiger partial charge in [0.15, 0.2) is 0 Å². The molecule has 0 radical (unpaired) electrons. The van der Waals surface area contributed by atoms with Crippen LogP contribution in [0, 0.1) is 0 Å². The summed E-state index contributed by atoms with van der Waals surface area (Å²) in [5.41, 5.74) is 3.67. The van der Waals surface area contributed by atoms with Crippen molar-refractivity contribution in [3.63, 3.8) is 0 Å². The molecule has 0 fully saturated rings. The van der Waals surface area contributed by atoms with Gasteiger partial charge < -0.3 is 10.8 Å². The van der Waals surface area contributed by atoms with Crippen LogP contribution in [0.25, 0.3) is 0 Å². The van der Waals surface area contributed by atoms with Gasteiger partial charge in [0, 0.05) is 4.47 Å². The highest BCUT2D eigenvalue weighted by Crippen LogP contribution is 2.36. The molecule has 1 aromatic carbocycles. The van der Waals surface area contributed by atoms with E-state index < -0.39 is 35.9 Å². The van der Waals surface area contributed by atoms with Gasteiger partial charge in [0.25, 0.3) is 5.92 Å². The van der Waals surface area contributed by atoms with Crippen molar-refractivity contribution in [3.05, 3.63) is 33.8 Å². The summed E-state index contributed by atoms with van der Waals surface area (Å²) >= 11 is 2.80. The molecule has 0 bridgehead atoms. The molecule has 0 heterocycles. The van der Waals surface area contributed by atoms with E-state index in [0.29, 0.717) is 6.07 Å². The second-order valence-electron chi connectivity index (χ2n) is 3.67. The smallest absolute Gasteiger partial charge is 0.390 e. The first-order valence-corrected chi connectivity index (χ1v) is 5.49. The monoisotopic (exact) mass is 369 g/mol. The lowest BCUT2D eigenvalue weighted by atomic mass is 9.99. The van der Waals surface area contributed by atoms with Gasteiger partial charge in [-0.1, -0.05) is 15.9 Å². The summed E-state index contributed by atoms with van der Waals surface area (Å²) < 4.78 is 63.7. The number of alkyl halides is 5. The maximum atomic E-state index is 13.1. The summed E-state index contributed by atoms with van der Waals surface area (Å²) in [5, 5.41) is 8.46. The Labute approximate surface area is 120 Å². The molecule has 1 rings (SSSR count). The van der Waals surface area contributed by atoms with Crippen LogP contribution in [-0.4, -0.2) is 17.6 Å². The van der Waals surface area contributed by atoms with Crippen molar-refractivity contribution in [2.24, 2.45) is 5.73 Å². The van der Waals surface area contributed by atoms with E-state index in [1.54, 1.807) is 0 Å². The van der Waals surface area contributed by atoms with Gasteiger partial charge in [-0.2, -0.15) is 13.2 Å². The Bertz CT molecular complexity index is 440. The van der Waals surface area contributed by atoms with Crippen molar-refractivity contribution in [1.29, 1.82) is 0 Å². The minimum Gasteiger partial charge on any atom is -0.390 e. The van der Waals surface area contributed by atoms with E-state index in [0.717, 1.165) is 12.1 Å². The van der Waals surface area contributed by atoms with Gasteiger partial charge in [0.1, 0.15) is 6.61 Å². The molecule has 0 aliphatic heterocycles. The molecular formula is C10H10BrClF5NO. The number of halogens is 7. The fourth-order valence-electron chi connectivity index (χ4n) is 1.30. The fourth-order valence-corrected chi connectivity index (χ4v) is 1.81. The Kier molecular flexibility index (Phi) is 6.19. The first-order valence-electron chi connectivity index (χ1n) is 4.70. The first-order chi connectivity index (χ1) is 8.08. The van der Waals surface area contributed by atoms with Gasteiger partial charge in [-0.3, -0.25) is 0 Å². The lowest BCUT2D eigenvalue weighted by Gasteiger charge is -2.22. The molecule has 1 aromatic rings. The Morgan fingerprint density at radius 2 is 1.68 bits per heavy atom. The van der Waals surface area contributed by atoms with Crippen molar-refractivity contribution in [2.75, 3.05) is 6.61 Å². The third-order valence-electron chi connectivity index (χ3n) is 2.27. The minimum atomic E-state index is -4.66. The van der Waals surface area contributed by atoms with Gasteiger partial charge >= 0.3 is 6.18 Å². The van der Waals surface area contributed by atoms with Crippen LogP contribution >= 0.6 is 28.3 Å². The van der Waals surface area contributed by atoms with Crippen LogP contribution in [0.15, 0.2) is 22.7 Å². The molecule has 0 amide bonds. The Balaban J connectivity index is 0.00000324. The van der Waals surface area contributed by atoms with Crippen LogP contribution in [0.2, 0.25) is 0 Å². The van der Waals surface area contributed by atoms with E-state index in [1.807, 2.05) is 0 Å². The summed E-state index contributed by atoms with van der Waals surface area (Å²) in [5.74, 6) is -3.69. The molecule has 0 spiro atoms. The standard InChI is InChI=1S/C10H9BrF5NO.ClH/c11-7-2-5(8(17)9(12,13)4-18)1-6(3-7)10(14,15)16;/h1-3,8,18H,4,17H2;1H/t8-;/m1./s1. The van der Waals surface area contributed by atoms with E-state index in [9.17, 15) is 22.0 Å². The quantitative estimate of drug-likeness (QED) is 0.800. The molecule has 0 unspecified atom stereocenters. The molecule has 9 heteroatoms. The minimum absolute atomic E-state index is 0. The predicted molar refractivity (Wildman–Crippen MR) is 65.4 cm³/mol. The van der Waals surface area contributed by atoms with E-state index >= 15 is 0 Å². The Morgan fingerprint density at radius 1 is 1.16 bits per heavy atom. The highest BCUT2D eigenvalue weighted by Gasteiger charge is 2.39. The largest absolute Gasteiger partial charge is 0.416 e. The van der Waals surface area contributed by atoms with E-state index in [2.05, 4.69) is 15.9 Å². The van der Waals surface area contributed by atoms with Gasteiger partial charge in [-0.25, -0.2) is 8.78 Å². The molecule has 0 aliphatic rings. The van der Waals surface area contributed by atoms with Crippen LogP contribution in [0.1, 0.15) is 17.2 Å². The van der Waals surface area contributed by atoms with Crippen molar-refractivity contribution < 1.29 is 27.1 Å². The molecule has 19 heavy (non-hydrogen) atoms. The summed E-state index contributed by atoms with van der Waals surface area (Å²) in [7, 11) is 0. The number of aliphatic hydroxyl groups is 1. The van der Waals surface area contributed by atoms with E-state index in [4.69, 9.17) is 10.8 Å². The fraction of sp³-hybridized carbons (Fsp3) is 0.400. The molecule has 2 nitrogen and oxygen atoms in total. The molecule has 1 atom stereocenters. The number of nitrogens with two attached hydrogens (primary N) is 1. The van der Waals surface area contributed by atoms with Crippen molar-refractivity contribution >= 4 is 28.3 Å². The van der Waals surface area contributed by atoms with Crippen LogP contribution in [0.4, 0.5) is 22.0 Å². The summed E-state index contributed by atoms with van der Waals surface area (Å²) in [6, 6.07) is 0.344. The van der Waals surface area contributed by atoms with Gasteiger partial charge in [-0.05, 0) is 23.8 Å². The highest BCUT2D eigenvalue weighted by atomic mass is 79.9. The number of rotatable bonds is 3. The van der Waals surface area contributed by atoms with Crippen molar-refractivity contribution in [3.8, 4) is 0 Å². The number of hydrogen-bond acceptors (Lipinski definition) is 2. The topological polar surface area (TPSA) is 46.2 Å². The highest BCUT2D eigenvalue weighted by molar-refractivity contribution is 9.10. The molecule has 110 valence electrons. The zero-order chi connectivity index (χ0) is 14.1. The van der Waals surface area contributed by atoms with Crippen LogP contribution in [-0.2, 0) is 6.18 Å². The second kappa shape index (κ2) is 6.34. The Morgan fingerprint density at radius 3 is 2.11 bits per heavy atom. The summed E-state index contributed by atoms with van der Waals surface area (Å²) in [6.07, 6.45) is -4.66. The lowest BCUT2D eigenvalue weighted by molar-refractivity contribution is -0.137. The molecular weight excluding hydrogens is 360 g/mol. The van der Waals surface area contributed by atoms with Crippen molar-refractivity contribution in [1.82, 2.24) is 0 Å². The van der Waals surface area contributed by atoms with Crippen LogP contribution < -0.4 is 5.73 Å². The molecule has 3 N–H and O–H groups in total. The average molecular weight is 371 g/mol. The van der Waals surface area contributed by atoms with Crippen LogP contribution in [0.5, 0.6) is 0 Å². The summed E-state index contributed by atoms with van der Waals surface area (Å²) in [6.45, 7) is -1.54. The number of aliphatic hydroxyl groups excluding tert-OH is 1. The Hall–Kier alpha value is -0.440. The molecule has 0 aliphatic carbocycles. The third-order valence-corrected chi connectivity index (χ3v) is 2.73. The van der Waals surface area contributed by atoms with Gasteiger partial charge in [-0.15, -0.1) is 12.4 Å².